The highest BCUT2D eigenvalue weighted by atomic mass is 32.2. The molecule has 0 unspecified atom stereocenters. The third kappa shape index (κ3) is 4.76. The lowest BCUT2D eigenvalue weighted by atomic mass is 10.1. The summed E-state index contributed by atoms with van der Waals surface area (Å²) in [6.07, 6.45) is -4.23. The molecule has 3 aromatic rings. The molecule has 1 aliphatic heterocycles. The van der Waals surface area contributed by atoms with Crippen LogP contribution < -0.4 is 9.64 Å². The SMILES string of the molecule is CCc1ccc(-c2cc(C(F)(F)F)on2)cc1S(=O)(=O)N1CCN(c2cccc(OC)c2)CC1. The van der Waals surface area contributed by atoms with Crippen molar-refractivity contribution in [3.05, 3.63) is 59.9 Å². The van der Waals surface area contributed by atoms with Crippen molar-refractivity contribution in [2.45, 2.75) is 24.4 Å². The van der Waals surface area contributed by atoms with Crippen molar-refractivity contribution in [3.8, 4) is 17.0 Å². The molecule has 2 aromatic carbocycles. The standard InChI is InChI=1S/C23H24F3N3O4S/c1-3-16-7-8-17(20-15-22(33-27-20)23(24,25)26)13-21(16)34(30,31)29-11-9-28(10-12-29)18-5-4-6-19(14-18)32-2/h4-8,13-15H,3,9-12H2,1-2H3. The van der Waals surface area contributed by atoms with Gasteiger partial charge in [-0.3, -0.25) is 0 Å². The number of hydrogen-bond acceptors (Lipinski definition) is 6. The highest BCUT2D eigenvalue weighted by Crippen LogP contribution is 2.34. The molecule has 1 aromatic heterocycles. The Morgan fingerprint density at radius 1 is 1.06 bits per heavy atom. The summed E-state index contributed by atoms with van der Waals surface area (Å²) in [6.45, 7) is 3.36. The number of anilines is 1. The first-order chi connectivity index (χ1) is 16.1. The molecule has 0 radical (unpaired) electrons. The van der Waals surface area contributed by atoms with E-state index >= 15 is 0 Å². The maximum absolute atomic E-state index is 13.5. The van der Waals surface area contributed by atoms with Crippen molar-refractivity contribution in [1.29, 1.82) is 0 Å². The summed E-state index contributed by atoms with van der Waals surface area (Å²) >= 11 is 0. The van der Waals surface area contributed by atoms with Gasteiger partial charge in [-0.2, -0.15) is 17.5 Å². The van der Waals surface area contributed by atoms with Crippen LogP contribution in [-0.2, 0) is 22.6 Å². The van der Waals surface area contributed by atoms with E-state index < -0.39 is 22.0 Å². The lowest BCUT2D eigenvalue weighted by Gasteiger charge is -2.35. The molecule has 0 saturated carbocycles. The molecule has 34 heavy (non-hydrogen) atoms. The predicted molar refractivity (Wildman–Crippen MR) is 120 cm³/mol. The van der Waals surface area contributed by atoms with Crippen LogP contribution in [0.15, 0.2) is 57.9 Å². The van der Waals surface area contributed by atoms with Crippen LogP contribution in [0.25, 0.3) is 11.3 Å². The molecule has 0 N–H and O–H groups in total. The molecule has 0 bridgehead atoms. The van der Waals surface area contributed by atoms with Crippen LogP contribution in [0.5, 0.6) is 5.75 Å². The van der Waals surface area contributed by atoms with Crippen molar-refractivity contribution in [3.63, 3.8) is 0 Å². The lowest BCUT2D eigenvalue weighted by molar-refractivity contribution is -0.155. The van der Waals surface area contributed by atoms with Gasteiger partial charge in [-0.25, -0.2) is 8.42 Å². The van der Waals surface area contributed by atoms with Crippen LogP contribution in [0.3, 0.4) is 0 Å². The van der Waals surface area contributed by atoms with E-state index in [0.29, 0.717) is 25.1 Å². The number of sulfonamides is 1. The van der Waals surface area contributed by atoms with Crippen molar-refractivity contribution >= 4 is 15.7 Å². The molecule has 0 aliphatic carbocycles. The molecule has 2 heterocycles. The second kappa shape index (κ2) is 9.30. The number of hydrogen-bond donors (Lipinski definition) is 0. The van der Waals surface area contributed by atoms with Crippen molar-refractivity contribution in [1.82, 2.24) is 9.46 Å². The van der Waals surface area contributed by atoms with E-state index in [1.807, 2.05) is 31.2 Å². The molecule has 4 rings (SSSR count). The minimum Gasteiger partial charge on any atom is -0.497 e. The quantitative estimate of drug-likeness (QED) is 0.503. The van der Waals surface area contributed by atoms with Crippen molar-refractivity contribution in [2.75, 3.05) is 38.2 Å². The molecule has 182 valence electrons. The van der Waals surface area contributed by atoms with E-state index in [0.717, 1.165) is 17.5 Å². The summed E-state index contributed by atoms with van der Waals surface area (Å²) in [5.41, 5.74) is 1.69. The Labute approximate surface area is 195 Å². The van der Waals surface area contributed by atoms with Gasteiger partial charge >= 0.3 is 6.18 Å². The summed E-state index contributed by atoms with van der Waals surface area (Å²) in [5, 5.41) is 3.48. The highest BCUT2D eigenvalue weighted by Gasteiger charge is 2.36. The monoisotopic (exact) mass is 495 g/mol. The summed E-state index contributed by atoms with van der Waals surface area (Å²) in [6, 6.07) is 12.9. The molecule has 0 amide bonds. The number of benzene rings is 2. The van der Waals surface area contributed by atoms with Crippen LogP contribution in [0.2, 0.25) is 0 Å². The third-order valence-electron chi connectivity index (χ3n) is 5.81. The van der Waals surface area contributed by atoms with Crippen LogP contribution >= 0.6 is 0 Å². The van der Waals surface area contributed by atoms with Gasteiger partial charge in [-0.1, -0.05) is 30.3 Å². The number of aryl methyl sites for hydroxylation is 1. The van der Waals surface area contributed by atoms with Gasteiger partial charge in [0.2, 0.25) is 15.8 Å². The Balaban J connectivity index is 1.58. The second-order valence-corrected chi connectivity index (χ2v) is 9.75. The van der Waals surface area contributed by atoms with Crippen LogP contribution in [0, 0.1) is 0 Å². The number of halogens is 3. The number of piperazine rings is 1. The Bertz CT molecular complexity index is 1270. The Kier molecular flexibility index (Phi) is 6.59. The first-order valence-corrected chi connectivity index (χ1v) is 12.1. The summed E-state index contributed by atoms with van der Waals surface area (Å²) in [7, 11) is -2.28. The molecule has 7 nitrogen and oxygen atoms in total. The lowest BCUT2D eigenvalue weighted by Crippen LogP contribution is -2.48. The fraction of sp³-hybridized carbons (Fsp3) is 0.348. The molecule has 1 aliphatic rings. The summed E-state index contributed by atoms with van der Waals surface area (Å²) in [5.74, 6) is -0.515. The van der Waals surface area contributed by atoms with Gasteiger partial charge in [0.1, 0.15) is 11.4 Å². The van der Waals surface area contributed by atoms with E-state index in [1.165, 1.54) is 10.4 Å². The van der Waals surface area contributed by atoms with Gasteiger partial charge in [0, 0.05) is 49.6 Å². The maximum Gasteiger partial charge on any atom is 0.452 e. The van der Waals surface area contributed by atoms with Crippen LogP contribution in [-0.4, -0.2) is 51.2 Å². The first kappa shape index (κ1) is 24.1. The minimum absolute atomic E-state index is 0.0684. The van der Waals surface area contributed by atoms with E-state index in [1.54, 1.807) is 19.2 Å². The molecule has 0 atom stereocenters. The van der Waals surface area contributed by atoms with E-state index in [9.17, 15) is 21.6 Å². The van der Waals surface area contributed by atoms with E-state index in [4.69, 9.17) is 4.74 Å². The first-order valence-electron chi connectivity index (χ1n) is 10.7. The number of alkyl halides is 3. The number of aromatic nitrogens is 1. The molecular weight excluding hydrogens is 471 g/mol. The maximum atomic E-state index is 13.5. The number of nitrogens with zero attached hydrogens (tertiary/aromatic N) is 3. The Morgan fingerprint density at radius 2 is 1.79 bits per heavy atom. The average molecular weight is 496 g/mol. The van der Waals surface area contributed by atoms with E-state index in [-0.39, 0.29) is 29.2 Å². The normalized spacial score (nSPS) is 15.5. The van der Waals surface area contributed by atoms with E-state index in [2.05, 4.69) is 14.6 Å². The molecular formula is C23H24F3N3O4S. The smallest absolute Gasteiger partial charge is 0.452 e. The molecule has 1 saturated heterocycles. The van der Waals surface area contributed by atoms with Crippen molar-refractivity contribution < 1.29 is 30.8 Å². The number of ether oxygens (including phenoxy) is 1. The molecule has 0 spiro atoms. The third-order valence-corrected chi connectivity index (χ3v) is 7.79. The summed E-state index contributed by atoms with van der Waals surface area (Å²) in [4.78, 5) is 2.15. The van der Waals surface area contributed by atoms with Crippen LogP contribution in [0.4, 0.5) is 18.9 Å². The van der Waals surface area contributed by atoms with Crippen molar-refractivity contribution in [2.24, 2.45) is 0 Å². The Hall–Kier alpha value is -3.05. The zero-order chi connectivity index (χ0) is 24.5. The van der Waals surface area contributed by atoms with Gasteiger partial charge in [0.15, 0.2) is 0 Å². The van der Waals surface area contributed by atoms with Gasteiger partial charge in [-0.15, -0.1) is 0 Å². The average Bonchev–Trinajstić information content (AvgIpc) is 3.35. The minimum atomic E-state index is -4.67. The summed E-state index contributed by atoms with van der Waals surface area (Å²) < 4.78 is 76.8. The number of methoxy groups -OCH3 is 1. The highest BCUT2D eigenvalue weighted by molar-refractivity contribution is 7.89. The van der Waals surface area contributed by atoms with Gasteiger partial charge in [0.25, 0.3) is 0 Å². The fourth-order valence-corrected chi connectivity index (χ4v) is 5.67. The van der Waals surface area contributed by atoms with Crippen LogP contribution in [0.1, 0.15) is 18.2 Å². The topological polar surface area (TPSA) is 75.9 Å². The molecule has 11 heteroatoms. The zero-order valence-electron chi connectivity index (χ0n) is 18.7. The fourth-order valence-electron chi connectivity index (χ4n) is 3.92. The van der Waals surface area contributed by atoms with Gasteiger partial charge < -0.3 is 14.2 Å². The van der Waals surface area contributed by atoms with Gasteiger partial charge in [-0.05, 0) is 30.2 Å². The molecule has 1 fully saturated rings. The van der Waals surface area contributed by atoms with Gasteiger partial charge in [0.05, 0.1) is 12.0 Å². The number of rotatable bonds is 6. The largest absolute Gasteiger partial charge is 0.497 e. The predicted octanol–water partition coefficient (Wildman–Crippen LogP) is 4.44. The second-order valence-electron chi connectivity index (χ2n) is 7.84. The Morgan fingerprint density at radius 3 is 2.41 bits per heavy atom. The zero-order valence-corrected chi connectivity index (χ0v) is 19.5.